The molecule has 27 heavy (non-hydrogen) atoms. The van der Waals surface area contributed by atoms with Crippen molar-refractivity contribution >= 4 is 5.97 Å². The van der Waals surface area contributed by atoms with Gasteiger partial charge in [0.15, 0.2) is 0 Å². The number of hydrogen-bond acceptors (Lipinski definition) is 2. The minimum Gasteiger partial charge on any atom is -0.507 e. The molecule has 0 amide bonds. The van der Waals surface area contributed by atoms with Crippen LogP contribution in [0.15, 0.2) is 54.7 Å². The van der Waals surface area contributed by atoms with Gasteiger partial charge in [0.1, 0.15) is 11.3 Å². The van der Waals surface area contributed by atoms with E-state index in [0.717, 1.165) is 19.3 Å². The van der Waals surface area contributed by atoms with Gasteiger partial charge in [0.05, 0.1) is 0 Å². The molecule has 0 fully saturated rings. The summed E-state index contributed by atoms with van der Waals surface area (Å²) in [5.41, 5.74) is 0.686. The predicted octanol–water partition coefficient (Wildman–Crippen LogP) is 6.83. The number of carbonyl (C=O) groups is 1. The monoisotopic (exact) mass is 370 g/mol. The van der Waals surface area contributed by atoms with E-state index in [-0.39, 0.29) is 11.3 Å². The van der Waals surface area contributed by atoms with E-state index in [1.54, 1.807) is 12.1 Å². The van der Waals surface area contributed by atoms with Crippen LogP contribution < -0.4 is 0 Å². The van der Waals surface area contributed by atoms with Gasteiger partial charge in [-0.25, -0.2) is 4.79 Å². The number of benzene rings is 1. The van der Waals surface area contributed by atoms with Crippen LogP contribution in [-0.2, 0) is 6.42 Å². The van der Waals surface area contributed by atoms with Gasteiger partial charge in [-0.1, -0.05) is 81.2 Å². The molecule has 0 saturated carbocycles. The number of allylic oxidation sites excluding steroid dienone is 6. The maximum atomic E-state index is 11.2. The molecule has 1 aromatic carbocycles. The van der Waals surface area contributed by atoms with Crippen LogP contribution in [-0.4, -0.2) is 16.2 Å². The number of carboxylic acids is 1. The number of carboxylic acid groups (broad SMARTS) is 1. The predicted molar refractivity (Wildman–Crippen MR) is 113 cm³/mol. The Morgan fingerprint density at radius 3 is 2.19 bits per heavy atom. The smallest absolute Gasteiger partial charge is 0.339 e. The molecule has 3 heteroatoms. The summed E-state index contributed by atoms with van der Waals surface area (Å²) in [5.74, 6) is -1.25. The van der Waals surface area contributed by atoms with E-state index in [2.05, 4.69) is 43.4 Å². The Bertz CT molecular complexity index is 627. The average molecular weight is 371 g/mol. The van der Waals surface area contributed by atoms with Crippen molar-refractivity contribution in [1.82, 2.24) is 0 Å². The quantitative estimate of drug-likeness (QED) is 0.279. The largest absolute Gasteiger partial charge is 0.507 e. The van der Waals surface area contributed by atoms with Gasteiger partial charge < -0.3 is 10.2 Å². The number of hydrogen-bond donors (Lipinski definition) is 2. The van der Waals surface area contributed by atoms with Gasteiger partial charge in [0.2, 0.25) is 0 Å². The van der Waals surface area contributed by atoms with Gasteiger partial charge >= 0.3 is 5.97 Å². The maximum Gasteiger partial charge on any atom is 0.339 e. The molecule has 0 aliphatic heterocycles. The highest BCUT2D eigenvalue weighted by atomic mass is 16.4. The maximum absolute atomic E-state index is 11.2. The second-order valence-corrected chi connectivity index (χ2v) is 6.74. The zero-order chi connectivity index (χ0) is 19.7. The molecule has 0 aliphatic rings. The van der Waals surface area contributed by atoms with Gasteiger partial charge in [-0.05, 0) is 50.2 Å². The first-order chi connectivity index (χ1) is 13.2. The third kappa shape index (κ3) is 10.4. The molecule has 1 rings (SSSR count). The molecular formula is C24H34O3. The topological polar surface area (TPSA) is 57.5 Å². The van der Waals surface area contributed by atoms with E-state index in [0.29, 0.717) is 12.0 Å². The number of aromatic hydroxyl groups is 1. The lowest BCUT2D eigenvalue weighted by molar-refractivity contribution is 0.0692. The van der Waals surface area contributed by atoms with Crippen LogP contribution in [0, 0.1) is 0 Å². The van der Waals surface area contributed by atoms with Gasteiger partial charge in [0.25, 0.3) is 0 Å². The minimum atomic E-state index is -1.08. The summed E-state index contributed by atoms with van der Waals surface area (Å²) in [5, 5.41) is 18.9. The van der Waals surface area contributed by atoms with Crippen molar-refractivity contribution in [3.8, 4) is 5.75 Å². The highest BCUT2D eigenvalue weighted by Gasteiger charge is 2.13. The molecule has 0 unspecified atom stereocenters. The molecule has 0 bridgehead atoms. The number of aromatic carboxylic acids is 1. The fraction of sp³-hybridized carbons (Fsp3) is 0.458. The summed E-state index contributed by atoms with van der Waals surface area (Å²) in [6, 6.07) is 4.85. The van der Waals surface area contributed by atoms with Gasteiger partial charge in [-0.15, -0.1) is 0 Å². The number of aryl methyl sites for hydroxylation is 1. The summed E-state index contributed by atoms with van der Waals surface area (Å²) >= 11 is 0. The Morgan fingerprint density at radius 1 is 0.889 bits per heavy atom. The second kappa shape index (κ2) is 14.8. The molecule has 0 atom stereocenters. The lowest BCUT2D eigenvalue weighted by Gasteiger charge is -2.06. The third-order valence-electron chi connectivity index (χ3n) is 4.44. The zero-order valence-corrected chi connectivity index (χ0v) is 16.6. The highest BCUT2D eigenvalue weighted by molar-refractivity contribution is 5.92. The van der Waals surface area contributed by atoms with Crippen LogP contribution >= 0.6 is 0 Å². The van der Waals surface area contributed by atoms with Gasteiger partial charge in [0, 0.05) is 0 Å². The Hall–Kier alpha value is -2.29. The Morgan fingerprint density at radius 2 is 1.52 bits per heavy atom. The van der Waals surface area contributed by atoms with Crippen molar-refractivity contribution in [2.75, 3.05) is 0 Å². The van der Waals surface area contributed by atoms with Crippen LogP contribution in [0.5, 0.6) is 5.75 Å². The molecule has 3 nitrogen and oxygen atoms in total. The Kier molecular flexibility index (Phi) is 12.5. The van der Waals surface area contributed by atoms with E-state index >= 15 is 0 Å². The summed E-state index contributed by atoms with van der Waals surface area (Å²) in [7, 11) is 0. The van der Waals surface area contributed by atoms with Crippen LogP contribution in [0.2, 0.25) is 0 Å². The normalized spacial score (nSPS) is 11.9. The van der Waals surface area contributed by atoms with Crippen molar-refractivity contribution in [3.63, 3.8) is 0 Å². The third-order valence-corrected chi connectivity index (χ3v) is 4.44. The van der Waals surface area contributed by atoms with Crippen molar-refractivity contribution < 1.29 is 15.0 Å². The number of phenols is 1. The fourth-order valence-electron chi connectivity index (χ4n) is 2.92. The molecule has 0 saturated heterocycles. The molecule has 0 aromatic heterocycles. The van der Waals surface area contributed by atoms with E-state index in [9.17, 15) is 15.0 Å². The van der Waals surface area contributed by atoms with Crippen molar-refractivity contribution in [2.45, 2.75) is 71.1 Å². The van der Waals surface area contributed by atoms with Crippen LogP contribution in [0.1, 0.15) is 80.6 Å². The Balaban J connectivity index is 2.15. The van der Waals surface area contributed by atoms with E-state index in [1.165, 1.54) is 44.6 Å². The number of rotatable bonds is 14. The van der Waals surface area contributed by atoms with E-state index < -0.39 is 5.97 Å². The summed E-state index contributed by atoms with van der Waals surface area (Å²) in [4.78, 5) is 11.2. The molecule has 0 heterocycles. The SMILES string of the molecule is CCCCCCC/C=C/C/C=C/C/C=C/CCc1cccc(O)c1C(=O)O. The molecule has 0 spiro atoms. The first-order valence-electron chi connectivity index (χ1n) is 10.2. The molecular weight excluding hydrogens is 336 g/mol. The van der Waals surface area contributed by atoms with Gasteiger partial charge in [-0.2, -0.15) is 0 Å². The van der Waals surface area contributed by atoms with E-state index in [4.69, 9.17) is 0 Å². The van der Waals surface area contributed by atoms with Crippen molar-refractivity contribution in [1.29, 1.82) is 0 Å². The lowest BCUT2D eigenvalue weighted by Crippen LogP contribution is -2.02. The number of unbranched alkanes of at least 4 members (excludes halogenated alkanes) is 5. The summed E-state index contributed by atoms with van der Waals surface area (Å²) in [6.45, 7) is 2.24. The van der Waals surface area contributed by atoms with Crippen LogP contribution in [0.25, 0.3) is 0 Å². The van der Waals surface area contributed by atoms with Gasteiger partial charge in [-0.3, -0.25) is 0 Å². The molecule has 0 radical (unpaired) electrons. The molecule has 148 valence electrons. The first-order valence-corrected chi connectivity index (χ1v) is 10.2. The first kappa shape index (κ1) is 22.8. The van der Waals surface area contributed by atoms with Crippen molar-refractivity contribution in [2.24, 2.45) is 0 Å². The molecule has 0 aliphatic carbocycles. The summed E-state index contributed by atoms with van der Waals surface area (Å²) < 4.78 is 0. The average Bonchev–Trinajstić information content (AvgIpc) is 2.64. The fourth-order valence-corrected chi connectivity index (χ4v) is 2.92. The summed E-state index contributed by atoms with van der Waals surface area (Å²) in [6.07, 6.45) is 24.1. The Labute approximate surface area is 164 Å². The zero-order valence-electron chi connectivity index (χ0n) is 16.6. The van der Waals surface area contributed by atoms with Crippen LogP contribution in [0.4, 0.5) is 0 Å². The second-order valence-electron chi connectivity index (χ2n) is 6.74. The van der Waals surface area contributed by atoms with Crippen LogP contribution in [0.3, 0.4) is 0 Å². The minimum absolute atomic E-state index is 0.0166. The highest BCUT2D eigenvalue weighted by Crippen LogP contribution is 2.22. The standard InChI is InChI=1S/C24H34O3/c1-2-3-4-5-6-7-8-9-10-11-12-13-14-15-16-18-21-19-17-20-22(25)23(21)24(26)27/h8-9,11-12,14-15,17,19-20,25H,2-7,10,13,16,18H2,1H3,(H,26,27)/b9-8+,12-11+,15-14+. The molecule has 2 N–H and O–H groups in total. The van der Waals surface area contributed by atoms with E-state index in [1.807, 2.05) is 0 Å². The molecule has 1 aromatic rings. The van der Waals surface area contributed by atoms with Crippen molar-refractivity contribution in [3.05, 3.63) is 65.8 Å². The lowest BCUT2D eigenvalue weighted by atomic mass is 10.0.